The van der Waals surface area contributed by atoms with Gasteiger partial charge in [-0.2, -0.15) is 0 Å². The number of amides is 2. The third-order valence-corrected chi connectivity index (χ3v) is 3.34. The van der Waals surface area contributed by atoms with Crippen molar-refractivity contribution < 1.29 is 14.3 Å². The molecule has 1 rings (SSSR count). The van der Waals surface area contributed by atoms with Crippen LogP contribution in [0.15, 0.2) is 0 Å². The highest BCUT2D eigenvalue weighted by Gasteiger charge is 2.21. The summed E-state index contributed by atoms with van der Waals surface area (Å²) in [5, 5.41) is 2.60. The van der Waals surface area contributed by atoms with Gasteiger partial charge in [0.15, 0.2) is 0 Å². The number of nitrogens with two attached hydrogens (primary N) is 1. The van der Waals surface area contributed by atoms with Crippen molar-refractivity contribution in [3.05, 3.63) is 0 Å². The second-order valence-corrected chi connectivity index (χ2v) is 4.62. The minimum atomic E-state index is -0.549. The lowest BCUT2D eigenvalue weighted by Gasteiger charge is -2.27. The summed E-state index contributed by atoms with van der Waals surface area (Å²) in [5.74, 6) is -0.225. The van der Waals surface area contributed by atoms with Crippen LogP contribution in [-0.4, -0.2) is 55.6 Å². The maximum absolute atomic E-state index is 11.8. The maximum atomic E-state index is 11.8. The molecule has 18 heavy (non-hydrogen) atoms. The molecule has 2 amide bonds. The van der Waals surface area contributed by atoms with E-state index >= 15 is 0 Å². The van der Waals surface area contributed by atoms with Crippen molar-refractivity contribution in [3.8, 4) is 0 Å². The van der Waals surface area contributed by atoms with Crippen LogP contribution < -0.4 is 11.1 Å². The van der Waals surface area contributed by atoms with E-state index in [2.05, 4.69) is 5.32 Å². The van der Waals surface area contributed by atoms with Crippen LogP contribution in [0.2, 0.25) is 0 Å². The first kappa shape index (κ1) is 14.9. The van der Waals surface area contributed by atoms with Crippen LogP contribution in [0.5, 0.6) is 0 Å². The molecule has 0 spiro atoms. The van der Waals surface area contributed by atoms with Gasteiger partial charge >= 0.3 is 0 Å². The molecule has 1 aliphatic heterocycles. The highest BCUT2D eigenvalue weighted by molar-refractivity contribution is 5.87. The number of carbonyl (C=O) groups excluding carboxylic acids is 2. The van der Waals surface area contributed by atoms with Crippen LogP contribution in [0.4, 0.5) is 0 Å². The molecule has 0 aromatic carbocycles. The molecule has 0 unspecified atom stereocenters. The van der Waals surface area contributed by atoms with Crippen LogP contribution in [0, 0.1) is 5.92 Å². The number of carbonyl (C=O) groups is 2. The van der Waals surface area contributed by atoms with Crippen molar-refractivity contribution in [1.29, 1.82) is 0 Å². The molecule has 104 valence electrons. The summed E-state index contributed by atoms with van der Waals surface area (Å²) in [6.07, 6.45) is 0.839. The molecular weight excluding hydrogens is 234 g/mol. The van der Waals surface area contributed by atoms with Crippen LogP contribution in [0.1, 0.15) is 20.3 Å². The molecule has 0 aromatic rings. The summed E-state index contributed by atoms with van der Waals surface area (Å²) in [4.78, 5) is 25.2. The average Bonchev–Trinajstić information content (AvgIpc) is 2.43. The molecule has 0 radical (unpaired) electrons. The van der Waals surface area contributed by atoms with Crippen molar-refractivity contribution >= 4 is 11.8 Å². The fourth-order valence-corrected chi connectivity index (χ4v) is 1.72. The molecule has 0 bridgehead atoms. The second kappa shape index (κ2) is 7.33. The molecule has 0 saturated carbocycles. The Morgan fingerprint density at radius 1 is 1.39 bits per heavy atom. The summed E-state index contributed by atoms with van der Waals surface area (Å²) >= 11 is 0. The van der Waals surface area contributed by atoms with E-state index in [1.54, 1.807) is 4.90 Å². The summed E-state index contributed by atoms with van der Waals surface area (Å²) in [7, 11) is 0. The molecule has 3 N–H and O–H groups in total. The first-order valence-corrected chi connectivity index (χ1v) is 6.45. The molecule has 1 saturated heterocycles. The number of morpholine rings is 1. The summed E-state index contributed by atoms with van der Waals surface area (Å²) in [5.41, 5.74) is 5.78. The van der Waals surface area contributed by atoms with E-state index in [4.69, 9.17) is 10.5 Å². The van der Waals surface area contributed by atoms with E-state index < -0.39 is 6.04 Å². The Labute approximate surface area is 108 Å². The predicted molar refractivity (Wildman–Crippen MR) is 67.8 cm³/mol. The smallest absolute Gasteiger partial charge is 0.242 e. The van der Waals surface area contributed by atoms with Gasteiger partial charge in [-0.3, -0.25) is 9.59 Å². The summed E-state index contributed by atoms with van der Waals surface area (Å²) in [6, 6.07) is -0.549. The van der Waals surface area contributed by atoms with Crippen molar-refractivity contribution in [2.24, 2.45) is 11.7 Å². The van der Waals surface area contributed by atoms with Gasteiger partial charge in [-0.1, -0.05) is 20.3 Å². The Kier molecular flexibility index (Phi) is 6.07. The lowest BCUT2D eigenvalue weighted by molar-refractivity contribution is -0.136. The molecule has 0 aliphatic carbocycles. The van der Waals surface area contributed by atoms with Gasteiger partial charge < -0.3 is 20.7 Å². The highest BCUT2D eigenvalue weighted by Crippen LogP contribution is 2.05. The quantitative estimate of drug-likeness (QED) is 0.684. The molecule has 1 fully saturated rings. The Hall–Kier alpha value is -1.14. The first-order chi connectivity index (χ1) is 8.56. The molecule has 0 aromatic heterocycles. The number of hydrogen-bond acceptors (Lipinski definition) is 4. The molecular formula is C12H23N3O3. The van der Waals surface area contributed by atoms with Crippen LogP contribution in [0.25, 0.3) is 0 Å². The van der Waals surface area contributed by atoms with E-state index in [1.807, 2.05) is 13.8 Å². The van der Waals surface area contributed by atoms with Gasteiger partial charge in [-0.05, 0) is 5.92 Å². The maximum Gasteiger partial charge on any atom is 0.242 e. The lowest BCUT2D eigenvalue weighted by atomic mass is 9.99. The van der Waals surface area contributed by atoms with Gasteiger partial charge in [0, 0.05) is 13.1 Å². The van der Waals surface area contributed by atoms with Crippen molar-refractivity contribution in [2.45, 2.75) is 26.3 Å². The van der Waals surface area contributed by atoms with E-state index in [0.29, 0.717) is 26.3 Å². The van der Waals surface area contributed by atoms with Crippen molar-refractivity contribution in [1.82, 2.24) is 10.2 Å². The largest absolute Gasteiger partial charge is 0.378 e. The van der Waals surface area contributed by atoms with Gasteiger partial charge in [-0.15, -0.1) is 0 Å². The molecule has 6 nitrogen and oxygen atoms in total. The molecule has 2 atom stereocenters. The fourth-order valence-electron chi connectivity index (χ4n) is 1.72. The Morgan fingerprint density at radius 3 is 2.56 bits per heavy atom. The zero-order valence-electron chi connectivity index (χ0n) is 11.1. The Morgan fingerprint density at radius 2 is 2.00 bits per heavy atom. The van der Waals surface area contributed by atoms with Crippen LogP contribution in [0.3, 0.4) is 0 Å². The normalized spacial score (nSPS) is 19.2. The van der Waals surface area contributed by atoms with Gasteiger partial charge in [0.05, 0.1) is 25.8 Å². The Bertz CT molecular complexity index is 276. The van der Waals surface area contributed by atoms with Gasteiger partial charge in [0.1, 0.15) is 0 Å². The SMILES string of the molecule is CC[C@H](C)[C@H](N)C(=O)NCC(=O)N1CCOCC1. The number of ether oxygens (including phenoxy) is 1. The second-order valence-electron chi connectivity index (χ2n) is 4.62. The predicted octanol–water partition coefficient (Wildman–Crippen LogP) is -0.665. The number of nitrogens with one attached hydrogen (secondary N) is 1. The van der Waals surface area contributed by atoms with E-state index in [1.165, 1.54) is 0 Å². The van der Waals surface area contributed by atoms with Crippen LogP contribution >= 0.6 is 0 Å². The topological polar surface area (TPSA) is 84.7 Å². The third-order valence-electron chi connectivity index (χ3n) is 3.34. The minimum Gasteiger partial charge on any atom is -0.378 e. The van der Waals surface area contributed by atoms with Gasteiger partial charge in [-0.25, -0.2) is 0 Å². The van der Waals surface area contributed by atoms with E-state index in [-0.39, 0.29) is 24.3 Å². The van der Waals surface area contributed by atoms with E-state index in [9.17, 15) is 9.59 Å². The molecule has 6 heteroatoms. The first-order valence-electron chi connectivity index (χ1n) is 6.45. The zero-order chi connectivity index (χ0) is 13.5. The van der Waals surface area contributed by atoms with Crippen molar-refractivity contribution in [3.63, 3.8) is 0 Å². The standard InChI is InChI=1S/C12H23N3O3/c1-3-9(2)11(13)12(17)14-8-10(16)15-4-6-18-7-5-15/h9,11H,3-8,13H2,1-2H3,(H,14,17)/t9-,11-/m0/s1. The molecule has 1 heterocycles. The summed E-state index contributed by atoms with van der Waals surface area (Å²) < 4.78 is 5.16. The average molecular weight is 257 g/mol. The monoisotopic (exact) mass is 257 g/mol. The fraction of sp³-hybridized carbons (Fsp3) is 0.833. The third kappa shape index (κ3) is 4.27. The minimum absolute atomic E-state index is 0.0168. The van der Waals surface area contributed by atoms with Crippen LogP contribution in [-0.2, 0) is 14.3 Å². The number of hydrogen-bond donors (Lipinski definition) is 2. The molecule has 1 aliphatic rings. The lowest BCUT2D eigenvalue weighted by Crippen LogP contribution is -2.50. The number of nitrogens with zero attached hydrogens (tertiary/aromatic N) is 1. The van der Waals surface area contributed by atoms with Gasteiger partial charge in [0.25, 0.3) is 0 Å². The van der Waals surface area contributed by atoms with E-state index in [0.717, 1.165) is 6.42 Å². The number of rotatable bonds is 5. The highest BCUT2D eigenvalue weighted by atomic mass is 16.5. The summed E-state index contributed by atoms with van der Waals surface area (Å²) in [6.45, 7) is 6.23. The van der Waals surface area contributed by atoms with Gasteiger partial charge in [0.2, 0.25) is 11.8 Å². The Balaban J connectivity index is 2.31. The van der Waals surface area contributed by atoms with Crippen molar-refractivity contribution in [2.75, 3.05) is 32.8 Å². The zero-order valence-corrected chi connectivity index (χ0v) is 11.1.